The van der Waals surface area contributed by atoms with Crippen LogP contribution in [0.15, 0.2) is 41.8 Å². The van der Waals surface area contributed by atoms with Crippen molar-refractivity contribution in [2.24, 2.45) is 11.8 Å². The number of carbonyl (C=O) groups is 2. The number of aliphatic carboxylic acids is 2. The molecule has 2 aliphatic rings. The highest BCUT2D eigenvalue weighted by atomic mass is 32.1. The molecule has 1 saturated heterocycles. The van der Waals surface area contributed by atoms with Gasteiger partial charge in [-0.25, -0.2) is 9.59 Å². The Morgan fingerprint density at radius 1 is 1.04 bits per heavy atom. The lowest BCUT2D eigenvalue weighted by Crippen LogP contribution is -2.20. The van der Waals surface area contributed by atoms with E-state index in [-0.39, 0.29) is 0 Å². The molecular weight excluding hydrogens is 338 g/mol. The molecule has 5 nitrogen and oxygen atoms in total. The molecule has 2 aromatic rings. The third kappa shape index (κ3) is 4.39. The average Bonchev–Trinajstić information content (AvgIpc) is 3.27. The lowest BCUT2D eigenvalue weighted by molar-refractivity contribution is -0.134. The van der Waals surface area contributed by atoms with Crippen LogP contribution in [0.1, 0.15) is 19.3 Å². The number of fused-ring (bicyclic) bond motifs is 2. The second kappa shape index (κ2) is 7.70. The average molecular weight is 359 g/mol. The Morgan fingerprint density at radius 3 is 2.28 bits per heavy atom. The number of carboxylic acids is 2. The Hall–Kier alpha value is -2.34. The van der Waals surface area contributed by atoms with Crippen molar-refractivity contribution < 1.29 is 19.8 Å². The molecule has 2 heterocycles. The first-order valence-corrected chi connectivity index (χ1v) is 9.27. The summed E-state index contributed by atoms with van der Waals surface area (Å²) < 4.78 is 1.41. The first-order valence-electron chi connectivity index (χ1n) is 8.39. The summed E-state index contributed by atoms with van der Waals surface area (Å²) in [5, 5.41) is 19.2. The Balaban J connectivity index is 0.000000197. The summed E-state index contributed by atoms with van der Waals surface area (Å²) in [6, 6.07) is 9.19. The molecule has 0 amide bonds. The number of nitrogens with zero attached hydrogens (tertiary/aromatic N) is 1. The van der Waals surface area contributed by atoms with Gasteiger partial charge in [-0.15, -0.1) is 11.3 Å². The fourth-order valence-corrected chi connectivity index (χ4v) is 4.51. The topological polar surface area (TPSA) is 77.8 Å². The van der Waals surface area contributed by atoms with Crippen LogP contribution < -0.4 is 4.90 Å². The third-order valence-electron chi connectivity index (χ3n) is 4.90. The van der Waals surface area contributed by atoms with E-state index in [4.69, 9.17) is 10.2 Å². The van der Waals surface area contributed by atoms with Gasteiger partial charge in [0.25, 0.3) is 0 Å². The molecule has 2 N–H and O–H groups in total. The molecule has 0 bridgehead atoms. The molecule has 2 fully saturated rings. The van der Waals surface area contributed by atoms with Crippen molar-refractivity contribution in [1.29, 1.82) is 0 Å². The molecule has 1 aliphatic heterocycles. The van der Waals surface area contributed by atoms with Crippen molar-refractivity contribution in [2.45, 2.75) is 19.3 Å². The molecule has 2 unspecified atom stereocenters. The van der Waals surface area contributed by atoms with Gasteiger partial charge >= 0.3 is 11.9 Å². The molecule has 25 heavy (non-hydrogen) atoms. The maximum atomic E-state index is 9.55. The van der Waals surface area contributed by atoms with Crippen molar-refractivity contribution >= 4 is 39.0 Å². The minimum Gasteiger partial charge on any atom is -0.478 e. The molecule has 1 aliphatic carbocycles. The van der Waals surface area contributed by atoms with Gasteiger partial charge in [-0.1, -0.05) is 6.42 Å². The van der Waals surface area contributed by atoms with Crippen LogP contribution in [0.5, 0.6) is 0 Å². The lowest BCUT2D eigenvalue weighted by atomic mass is 10.0. The quantitative estimate of drug-likeness (QED) is 0.814. The molecule has 1 aromatic carbocycles. The minimum absolute atomic E-state index is 0.558. The largest absolute Gasteiger partial charge is 0.478 e. The van der Waals surface area contributed by atoms with E-state index in [1.54, 1.807) is 0 Å². The SMILES string of the molecule is O=C(O)/C=C\C(=O)O.c1cc2cc(N3CC4CCCC4C3)ccc2s1. The number of hydrogen-bond donors (Lipinski definition) is 2. The van der Waals surface area contributed by atoms with E-state index in [0.29, 0.717) is 12.2 Å². The fourth-order valence-electron chi connectivity index (χ4n) is 3.74. The normalized spacial score (nSPS) is 22.0. The third-order valence-corrected chi connectivity index (χ3v) is 5.79. The van der Waals surface area contributed by atoms with Crippen LogP contribution in [0.4, 0.5) is 5.69 Å². The number of anilines is 1. The maximum Gasteiger partial charge on any atom is 0.328 e. The smallest absolute Gasteiger partial charge is 0.328 e. The predicted molar refractivity (Wildman–Crippen MR) is 99.3 cm³/mol. The molecule has 132 valence electrons. The van der Waals surface area contributed by atoms with E-state index in [9.17, 15) is 9.59 Å². The van der Waals surface area contributed by atoms with Crippen molar-refractivity contribution in [3.63, 3.8) is 0 Å². The molecule has 1 aromatic heterocycles. The number of carboxylic acid groups (broad SMARTS) is 2. The number of rotatable bonds is 3. The molecule has 0 radical (unpaired) electrons. The first-order chi connectivity index (χ1) is 12.0. The van der Waals surface area contributed by atoms with Gasteiger partial charge in [0.2, 0.25) is 0 Å². The molecular formula is C19H21NO4S. The van der Waals surface area contributed by atoms with Crippen LogP contribution in [0.25, 0.3) is 10.1 Å². The number of benzene rings is 1. The highest BCUT2D eigenvalue weighted by Crippen LogP contribution is 2.40. The zero-order chi connectivity index (χ0) is 17.8. The highest BCUT2D eigenvalue weighted by Gasteiger charge is 2.35. The monoisotopic (exact) mass is 359 g/mol. The van der Waals surface area contributed by atoms with Gasteiger partial charge in [-0.3, -0.25) is 0 Å². The summed E-state index contributed by atoms with van der Waals surface area (Å²) >= 11 is 1.84. The Bertz CT molecular complexity index is 770. The standard InChI is InChI=1S/C15H17NS.C4H4O4/c1-2-12-9-16(10-13(12)3-1)14-4-5-15-11(8-14)6-7-17-15;5-3(6)1-2-4(7)8/h4-8,12-13H,1-3,9-10H2;1-2H,(H,5,6)(H,7,8)/b;2-1-. The van der Waals surface area contributed by atoms with Gasteiger partial charge in [-0.2, -0.15) is 0 Å². The van der Waals surface area contributed by atoms with Crippen molar-refractivity contribution in [2.75, 3.05) is 18.0 Å². The zero-order valence-electron chi connectivity index (χ0n) is 13.8. The van der Waals surface area contributed by atoms with Crippen molar-refractivity contribution in [3.8, 4) is 0 Å². The van der Waals surface area contributed by atoms with Crippen LogP contribution in [0, 0.1) is 11.8 Å². The van der Waals surface area contributed by atoms with E-state index in [2.05, 4.69) is 34.5 Å². The van der Waals surface area contributed by atoms with Gasteiger partial charge in [0, 0.05) is 35.6 Å². The molecule has 1 saturated carbocycles. The van der Waals surface area contributed by atoms with Crippen LogP contribution in [0.3, 0.4) is 0 Å². The van der Waals surface area contributed by atoms with Crippen LogP contribution in [-0.2, 0) is 9.59 Å². The summed E-state index contributed by atoms with van der Waals surface area (Å²) in [5.74, 6) is -0.554. The summed E-state index contributed by atoms with van der Waals surface area (Å²) in [6.45, 7) is 2.58. The summed E-state index contributed by atoms with van der Waals surface area (Å²) in [6.07, 6.45) is 5.50. The van der Waals surface area contributed by atoms with Gasteiger partial charge in [0.15, 0.2) is 0 Å². The first kappa shape index (κ1) is 17.5. The van der Waals surface area contributed by atoms with Crippen molar-refractivity contribution in [1.82, 2.24) is 0 Å². The molecule has 6 heteroatoms. The van der Waals surface area contributed by atoms with Gasteiger partial charge in [0.05, 0.1) is 0 Å². The van der Waals surface area contributed by atoms with Gasteiger partial charge < -0.3 is 15.1 Å². The summed E-state index contributed by atoms with van der Waals surface area (Å²) in [7, 11) is 0. The molecule has 0 spiro atoms. The Labute approximate surface area is 150 Å². The van der Waals surface area contributed by atoms with Gasteiger partial charge in [-0.05, 0) is 59.7 Å². The van der Waals surface area contributed by atoms with Crippen LogP contribution >= 0.6 is 11.3 Å². The fraction of sp³-hybridized carbons (Fsp3) is 0.368. The summed E-state index contributed by atoms with van der Waals surface area (Å²) in [5.41, 5.74) is 1.44. The Kier molecular flexibility index (Phi) is 5.38. The van der Waals surface area contributed by atoms with Crippen LogP contribution in [-0.4, -0.2) is 35.2 Å². The zero-order valence-corrected chi connectivity index (χ0v) is 14.6. The van der Waals surface area contributed by atoms with E-state index in [0.717, 1.165) is 11.8 Å². The van der Waals surface area contributed by atoms with E-state index in [1.165, 1.54) is 48.1 Å². The lowest BCUT2D eigenvalue weighted by Gasteiger charge is -2.19. The predicted octanol–water partition coefficient (Wildman–Crippen LogP) is 3.85. The second-order valence-corrected chi connectivity index (χ2v) is 7.46. The number of thiophene rings is 1. The highest BCUT2D eigenvalue weighted by molar-refractivity contribution is 7.17. The molecule has 4 rings (SSSR count). The van der Waals surface area contributed by atoms with E-state index in [1.807, 2.05) is 11.3 Å². The molecule has 2 atom stereocenters. The van der Waals surface area contributed by atoms with E-state index < -0.39 is 11.9 Å². The van der Waals surface area contributed by atoms with Crippen LogP contribution in [0.2, 0.25) is 0 Å². The van der Waals surface area contributed by atoms with Crippen molar-refractivity contribution in [3.05, 3.63) is 41.8 Å². The Morgan fingerprint density at radius 2 is 1.68 bits per heavy atom. The minimum atomic E-state index is -1.26. The number of hydrogen-bond acceptors (Lipinski definition) is 4. The second-order valence-electron chi connectivity index (χ2n) is 6.51. The van der Waals surface area contributed by atoms with E-state index >= 15 is 0 Å². The maximum absolute atomic E-state index is 9.55. The summed E-state index contributed by atoms with van der Waals surface area (Å²) in [4.78, 5) is 21.7. The van der Waals surface area contributed by atoms with Gasteiger partial charge in [0.1, 0.15) is 0 Å².